The quantitative estimate of drug-likeness (QED) is 0.540. The molecule has 0 bridgehead atoms. The number of hydrogen-bond donors (Lipinski definition) is 3. The van der Waals surface area contributed by atoms with Gasteiger partial charge in [0.1, 0.15) is 11.9 Å². The maximum Gasteiger partial charge on any atom is 0.251 e. The number of nitrogens with one attached hydrogen (secondary N) is 3. The molecule has 7 nitrogen and oxygen atoms in total. The summed E-state index contributed by atoms with van der Waals surface area (Å²) in [5.74, 6) is 1.53. The molecule has 0 radical (unpaired) electrons. The Bertz CT molecular complexity index is 1070. The van der Waals surface area contributed by atoms with Gasteiger partial charge in [0.15, 0.2) is 5.82 Å². The summed E-state index contributed by atoms with van der Waals surface area (Å²) in [4.78, 5) is 30.0. The predicted molar refractivity (Wildman–Crippen MR) is 120 cm³/mol. The summed E-state index contributed by atoms with van der Waals surface area (Å²) in [7, 11) is 0. The lowest BCUT2D eigenvalue weighted by molar-refractivity contribution is -0.118. The maximum absolute atomic E-state index is 12.9. The molecule has 1 saturated carbocycles. The number of amides is 2. The predicted octanol–water partition coefficient (Wildman–Crippen LogP) is 4.05. The normalized spacial score (nSPS) is 14.3. The first-order valence-corrected chi connectivity index (χ1v) is 10.6. The Hall–Kier alpha value is -3.48. The van der Waals surface area contributed by atoms with Gasteiger partial charge in [0.2, 0.25) is 5.91 Å². The van der Waals surface area contributed by atoms with Crippen LogP contribution in [0.4, 0.5) is 5.69 Å². The molecule has 1 atom stereocenters. The summed E-state index contributed by atoms with van der Waals surface area (Å²) in [5.41, 5.74) is 3.15. The third-order valence-corrected chi connectivity index (χ3v) is 5.43. The second kappa shape index (κ2) is 8.71. The number of carbonyl (C=O) groups excluding carboxylic acids is 2. The number of benzene rings is 2. The number of rotatable bonds is 7. The second-order valence-electron chi connectivity index (χ2n) is 8.45. The highest BCUT2D eigenvalue weighted by Crippen LogP contribution is 2.38. The molecular weight excluding hydrogens is 390 g/mol. The number of aryl methyl sites for hydroxylation is 1. The van der Waals surface area contributed by atoms with E-state index in [2.05, 4.69) is 25.8 Å². The van der Waals surface area contributed by atoms with E-state index in [0.717, 1.165) is 29.8 Å². The van der Waals surface area contributed by atoms with Crippen LogP contribution in [-0.2, 0) is 4.79 Å². The highest BCUT2D eigenvalue weighted by atomic mass is 16.2. The number of aromatic nitrogens is 3. The van der Waals surface area contributed by atoms with Gasteiger partial charge in [-0.1, -0.05) is 31.5 Å². The Morgan fingerprint density at radius 2 is 1.71 bits per heavy atom. The van der Waals surface area contributed by atoms with Gasteiger partial charge in [0.25, 0.3) is 5.91 Å². The first kappa shape index (κ1) is 20.8. The van der Waals surface area contributed by atoms with Gasteiger partial charge >= 0.3 is 0 Å². The maximum atomic E-state index is 12.9. The molecule has 1 aromatic heterocycles. The van der Waals surface area contributed by atoms with E-state index in [-0.39, 0.29) is 17.7 Å². The van der Waals surface area contributed by atoms with Crippen molar-refractivity contribution in [3.8, 4) is 11.4 Å². The van der Waals surface area contributed by atoms with Gasteiger partial charge < -0.3 is 10.6 Å². The van der Waals surface area contributed by atoms with Crippen molar-refractivity contribution in [3.05, 3.63) is 65.5 Å². The van der Waals surface area contributed by atoms with Crippen molar-refractivity contribution in [1.29, 1.82) is 0 Å². The van der Waals surface area contributed by atoms with E-state index in [9.17, 15) is 9.59 Å². The lowest BCUT2D eigenvalue weighted by atomic mass is 10.0. The lowest BCUT2D eigenvalue weighted by Crippen LogP contribution is -2.47. The molecule has 160 valence electrons. The minimum absolute atomic E-state index is 0.0669. The van der Waals surface area contributed by atoms with E-state index in [4.69, 9.17) is 0 Å². The van der Waals surface area contributed by atoms with Crippen molar-refractivity contribution < 1.29 is 9.59 Å². The van der Waals surface area contributed by atoms with E-state index >= 15 is 0 Å². The van der Waals surface area contributed by atoms with Crippen LogP contribution in [0.25, 0.3) is 11.4 Å². The summed E-state index contributed by atoms with van der Waals surface area (Å²) < 4.78 is 0. The molecule has 2 amide bonds. The van der Waals surface area contributed by atoms with Crippen LogP contribution < -0.4 is 10.6 Å². The van der Waals surface area contributed by atoms with Gasteiger partial charge in [-0.2, -0.15) is 5.10 Å². The first-order chi connectivity index (χ1) is 14.9. The number of H-pyrrole nitrogens is 1. The Balaban J connectivity index is 1.40. The monoisotopic (exact) mass is 417 g/mol. The van der Waals surface area contributed by atoms with Crippen LogP contribution in [0.2, 0.25) is 0 Å². The molecule has 0 saturated heterocycles. The zero-order valence-electron chi connectivity index (χ0n) is 18.0. The van der Waals surface area contributed by atoms with Crippen molar-refractivity contribution in [2.75, 3.05) is 5.32 Å². The van der Waals surface area contributed by atoms with Gasteiger partial charge in [0.05, 0.1) is 0 Å². The van der Waals surface area contributed by atoms with Crippen LogP contribution in [0.5, 0.6) is 0 Å². The molecule has 1 fully saturated rings. The molecule has 1 aliphatic rings. The summed E-state index contributed by atoms with van der Waals surface area (Å²) in [5, 5.41) is 13.0. The second-order valence-corrected chi connectivity index (χ2v) is 8.45. The number of aromatic amines is 1. The summed E-state index contributed by atoms with van der Waals surface area (Å²) in [6.07, 6.45) is 2.33. The number of anilines is 1. The number of hydrogen-bond acceptors (Lipinski definition) is 4. The number of nitrogens with zero attached hydrogens (tertiary/aromatic N) is 2. The fraction of sp³-hybridized carbons (Fsp3) is 0.333. The van der Waals surface area contributed by atoms with Gasteiger partial charge in [-0.05, 0) is 62.1 Å². The van der Waals surface area contributed by atoms with Crippen molar-refractivity contribution in [2.45, 2.75) is 45.6 Å². The van der Waals surface area contributed by atoms with Crippen LogP contribution in [0.3, 0.4) is 0 Å². The van der Waals surface area contributed by atoms with Crippen molar-refractivity contribution in [3.63, 3.8) is 0 Å². The van der Waals surface area contributed by atoms with Gasteiger partial charge in [-0.15, -0.1) is 0 Å². The summed E-state index contributed by atoms with van der Waals surface area (Å²) in [6, 6.07) is 14.0. The highest BCUT2D eigenvalue weighted by molar-refractivity contribution is 6.01. The fourth-order valence-corrected chi connectivity index (χ4v) is 3.33. The van der Waals surface area contributed by atoms with Crippen molar-refractivity contribution in [1.82, 2.24) is 20.5 Å². The molecule has 31 heavy (non-hydrogen) atoms. The Labute approximate surface area is 181 Å². The minimum atomic E-state index is -0.650. The smallest absolute Gasteiger partial charge is 0.251 e. The van der Waals surface area contributed by atoms with Gasteiger partial charge in [0, 0.05) is 22.7 Å². The third kappa shape index (κ3) is 4.99. The van der Waals surface area contributed by atoms with E-state index in [1.54, 1.807) is 12.1 Å². The van der Waals surface area contributed by atoms with Crippen LogP contribution in [0, 0.1) is 12.8 Å². The Morgan fingerprint density at radius 3 is 2.32 bits per heavy atom. The summed E-state index contributed by atoms with van der Waals surface area (Å²) >= 11 is 0. The molecule has 2 aromatic carbocycles. The Morgan fingerprint density at radius 1 is 1.03 bits per heavy atom. The van der Waals surface area contributed by atoms with Crippen LogP contribution in [-0.4, -0.2) is 33.0 Å². The largest absolute Gasteiger partial charge is 0.340 e. The molecule has 1 unspecified atom stereocenters. The highest BCUT2D eigenvalue weighted by Gasteiger charge is 2.27. The SMILES string of the molecule is Cc1ccc(C(=O)NC(C(=O)Nc2ccc(-c3n[nH]c(C4CC4)n3)cc2)C(C)C)cc1. The molecule has 3 aromatic rings. The topological polar surface area (TPSA) is 99.8 Å². The fourth-order valence-electron chi connectivity index (χ4n) is 3.33. The zero-order chi connectivity index (χ0) is 22.0. The average molecular weight is 418 g/mol. The molecule has 0 spiro atoms. The van der Waals surface area contributed by atoms with Crippen LogP contribution >= 0.6 is 0 Å². The minimum Gasteiger partial charge on any atom is -0.340 e. The Kier molecular flexibility index (Phi) is 5.84. The van der Waals surface area contributed by atoms with E-state index in [1.807, 2.05) is 57.2 Å². The van der Waals surface area contributed by atoms with Crippen LogP contribution in [0.15, 0.2) is 48.5 Å². The molecular formula is C24H27N5O2. The van der Waals surface area contributed by atoms with Crippen molar-refractivity contribution in [2.24, 2.45) is 5.92 Å². The van der Waals surface area contributed by atoms with Gasteiger partial charge in [-0.25, -0.2) is 4.98 Å². The zero-order valence-corrected chi connectivity index (χ0v) is 18.0. The van der Waals surface area contributed by atoms with E-state index < -0.39 is 6.04 Å². The van der Waals surface area contributed by atoms with Crippen molar-refractivity contribution >= 4 is 17.5 Å². The molecule has 1 aliphatic carbocycles. The molecule has 3 N–H and O–H groups in total. The molecule has 4 rings (SSSR count). The summed E-state index contributed by atoms with van der Waals surface area (Å²) in [6.45, 7) is 5.78. The standard InChI is InChI=1S/C24H27N5O2/c1-14(2)20(26-23(30)18-6-4-15(3)5-7-18)24(31)25-19-12-10-17(11-13-19)22-27-21(28-29-22)16-8-9-16/h4-7,10-14,16,20H,8-9H2,1-3H3,(H,25,31)(H,26,30)(H,27,28,29). The number of carbonyl (C=O) groups is 2. The first-order valence-electron chi connectivity index (χ1n) is 10.6. The van der Waals surface area contributed by atoms with E-state index in [1.165, 1.54) is 0 Å². The van der Waals surface area contributed by atoms with Gasteiger partial charge in [-0.3, -0.25) is 14.7 Å². The van der Waals surface area contributed by atoms with Crippen LogP contribution in [0.1, 0.15) is 54.4 Å². The lowest BCUT2D eigenvalue weighted by Gasteiger charge is -2.22. The van der Waals surface area contributed by atoms with E-state index in [0.29, 0.717) is 23.0 Å². The third-order valence-electron chi connectivity index (χ3n) is 5.43. The molecule has 7 heteroatoms. The molecule has 1 heterocycles. The average Bonchev–Trinajstić information content (AvgIpc) is 3.49. The molecule has 0 aliphatic heterocycles.